The van der Waals surface area contributed by atoms with E-state index in [1.807, 2.05) is 11.6 Å². The maximum atomic E-state index is 13.6. The van der Waals surface area contributed by atoms with Gasteiger partial charge in [-0.25, -0.2) is 9.07 Å². The zero-order valence-electron chi connectivity index (χ0n) is 12.6. The molecule has 2 aromatic rings. The van der Waals surface area contributed by atoms with Crippen LogP contribution >= 0.6 is 0 Å². The van der Waals surface area contributed by atoms with Crippen LogP contribution < -0.4 is 10.1 Å². The molecular weight excluding hydrogens is 271 g/mol. The molecule has 0 aliphatic heterocycles. The van der Waals surface area contributed by atoms with E-state index in [2.05, 4.69) is 22.6 Å². The predicted octanol–water partition coefficient (Wildman–Crippen LogP) is 2.53. The lowest BCUT2D eigenvalue weighted by molar-refractivity contribution is 0.385. The molecule has 1 aromatic carbocycles. The summed E-state index contributed by atoms with van der Waals surface area (Å²) in [5.74, 6) is -0.124. The van der Waals surface area contributed by atoms with Crippen LogP contribution in [0.3, 0.4) is 0 Å². The number of benzene rings is 1. The van der Waals surface area contributed by atoms with Crippen molar-refractivity contribution in [1.29, 1.82) is 0 Å². The van der Waals surface area contributed by atoms with Crippen molar-refractivity contribution >= 4 is 0 Å². The Balaban J connectivity index is 2.40. The van der Waals surface area contributed by atoms with Crippen LogP contribution in [0, 0.1) is 5.82 Å². The molecule has 1 N–H and O–H groups in total. The second kappa shape index (κ2) is 7.17. The number of hydrogen-bond acceptors (Lipinski definition) is 4. The summed E-state index contributed by atoms with van der Waals surface area (Å²) in [5, 5.41) is 11.5. The van der Waals surface area contributed by atoms with Crippen LogP contribution in [-0.4, -0.2) is 28.6 Å². The largest absolute Gasteiger partial charge is 0.494 e. The first-order valence-electron chi connectivity index (χ1n) is 7.16. The minimum atomic E-state index is -0.364. The number of ether oxygens (including phenoxy) is 1. The van der Waals surface area contributed by atoms with E-state index in [-0.39, 0.29) is 17.6 Å². The lowest BCUT2D eigenvalue weighted by Crippen LogP contribution is -2.25. The number of aromatic nitrogens is 3. The highest BCUT2D eigenvalue weighted by Crippen LogP contribution is 2.26. The molecule has 0 amide bonds. The quantitative estimate of drug-likeness (QED) is 0.852. The van der Waals surface area contributed by atoms with Crippen molar-refractivity contribution in [2.75, 3.05) is 13.7 Å². The summed E-state index contributed by atoms with van der Waals surface area (Å²) in [6.45, 7) is 5.70. The van der Waals surface area contributed by atoms with Crippen LogP contribution in [0.1, 0.15) is 37.6 Å². The van der Waals surface area contributed by atoms with Gasteiger partial charge in [0.25, 0.3) is 0 Å². The number of nitrogens with one attached hydrogen (secondary N) is 1. The van der Waals surface area contributed by atoms with Gasteiger partial charge in [0.05, 0.1) is 25.0 Å². The molecule has 0 saturated heterocycles. The highest BCUT2D eigenvalue weighted by atomic mass is 19.1. The lowest BCUT2D eigenvalue weighted by Gasteiger charge is -2.19. The number of aryl methyl sites for hydroxylation is 1. The Hall–Kier alpha value is -1.95. The fourth-order valence-electron chi connectivity index (χ4n) is 2.33. The molecule has 114 valence electrons. The fraction of sp³-hybridized carbons (Fsp3) is 0.467. The normalized spacial score (nSPS) is 12.4. The van der Waals surface area contributed by atoms with E-state index >= 15 is 0 Å². The summed E-state index contributed by atoms with van der Waals surface area (Å²) >= 11 is 0. The Bertz CT molecular complexity index is 585. The van der Waals surface area contributed by atoms with Gasteiger partial charge >= 0.3 is 0 Å². The van der Waals surface area contributed by atoms with Crippen LogP contribution in [0.4, 0.5) is 4.39 Å². The molecule has 0 bridgehead atoms. The summed E-state index contributed by atoms with van der Waals surface area (Å²) in [6, 6.07) is 4.80. The number of nitrogens with zero attached hydrogens (tertiary/aromatic N) is 3. The van der Waals surface area contributed by atoms with Crippen LogP contribution in [0.5, 0.6) is 5.75 Å². The van der Waals surface area contributed by atoms with Crippen molar-refractivity contribution in [3.63, 3.8) is 0 Å². The molecule has 1 atom stereocenters. The third kappa shape index (κ3) is 3.39. The van der Waals surface area contributed by atoms with E-state index < -0.39 is 0 Å². The first-order valence-corrected chi connectivity index (χ1v) is 7.16. The van der Waals surface area contributed by atoms with Gasteiger partial charge in [0.15, 0.2) is 11.6 Å². The molecule has 0 saturated carbocycles. The van der Waals surface area contributed by atoms with Gasteiger partial charge in [-0.05, 0) is 30.7 Å². The van der Waals surface area contributed by atoms with Gasteiger partial charge in [-0.3, -0.25) is 0 Å². The topological polar surface area (TPSA) is 52.0 Å². The first-order chi connectivity index (χ1) is 10.2. The molecule has 0 aliphatic carbocycles. The van der Waals surface area contributed by atoms with Gasteiger partial charge in [-0.1, -0.05) is 25.1 Å². The Morgan fingerprint density at radius 3 is 2.86 bits per heavy atom. The highest BCUT2D eigenvalue weighted by molar-refractivity contribution is 5.35. The number of methoxy groups -OCH3 is 1. The van der Waals surface area contributed by atoms with Crippen LogP contribution in [-0.2, 0) is 6.54 Å². The van der Waals surface area contributed by atoms with Crippen LogP contribution in [0.2, 0.25) is 0 Å². The van der Waals surface area contributed by atoms with E-state index in [9.17, 15) is 4.39 Å². The van der Waals surface area contributed by atoms with Gasteiger partial charge in [0.2, 0.25) is 0 Å². The Morgan fingerprint density at radius 2 is 2.19 bits per heavy atom. The predicted molar refractivity (Wildman–Crippen MR) is 78.8 cm³/mol. The summed E-state index contributed by atoms with van der Waals surface area (Å²) in [4.78, 5) is 0. The molecule has 2 rings (SSSR count). The van der Waals surface area contributed by atoms with Crippen molar-refractivity contribution in [3.8, 4) is 5.75 Å². The molecule has 1 aromatic heterocycles. The number of hydrogen-bond donors (Lipinski definition) is 1. The Labute approximate surface area is 124 Å². The van der Waals surface area contributed by atoms with E-state index in [0.717, 1.165) is 30.8 Å². The first kappa shape index (κ1) is 15.4. The monoisotopic (exact) mass is 292 g/mol. The summed E-state index contributed by atoms with van der Waals surface area (Å²) in [6.07, 6.45) is 2.72. The number of rotatable bonds is 7. The fourth-order valence-corrected chi connectivity index (χ4v) is 2.33. The third-order valence-electron chi connectivity index (χ3n) is 3.30. The third-order valence-corrected chi connectivity index (χ3v) is 3.30. The summed E-state index contributed by atoms with van der Waals surface area (Å²) in [5.41, 5.74) is 1.89. The van der Waals surface area contributed by atoms with E-state index in [1.54, 1.807) is 18.3 Å². The van der Waals surface area contributed by atoms with Gasteiger partial charge in [-0.2, -0.15) is 0 Å². The summed E-state index contributed by atoms with van der Waals surface area (Å²) in [7, 11) is 1.47. The molecule has 0 radical (unpaired) electrons. The highest BCUT2D eigenvalue weighted by Gasteiger charge is 2.19. The van der Waals surface area contributed by atoms with Crippen molar-refractivity contribution < 1.29 is 9.13 Å². The van der Waals surface area contributed by atoms with Crippen molar-refractivity contribution in [3.05, 3.63) is 41.5 Å². The second-order valence-electron chi connectivity index (χ2n) is 4.77. The zero-order chi connectivity index (χ0) is 15.2. The molecule has 5 nitrogen and oxygen atoms in total. The second-order valence-corrected chi connectivity index (χ2v) is 4.77. The van der Waals surface area contributed by atoms with Crippen molar-refractivity contribution in [2.45, 2.75) is 32.9 Å². The minimum absolute atomic E-state index is 0.0916. The zero-order valence-corrected chi connectivity index (χ0v) is 12.6. The van der Waals surface area contributed by atoms with Crippen LogP contribution in [0.25, 0.3) is 0 Å². The molecule has 1 unspecified atom stereocenters. The van der Waals surface area contributed by atoms with Gasteiger partial charge < -0.3 is 10.1 Å². The average molecular weight is 292 g/mol. The minimum Gasteiger partial charge on any atom is -0.494 e. The van der Waals surface area contributed by atoms with Crippen LogP contribution in [0.15, 0.2) is 24.4 Å². The maximum Gasteiger partial charge on any atom is 0.165 e. The lowest BCUT2D eigenvalue weighted by atomic mass is 10.0. The Morgan fingerprint density at radius 1 is 1.38 bits per heavy atom. The number of halogens is 1. The molecule has 0 spiro atoms. The summed E-state index contributed by atoms with van der Waals surface area (Å²) < 4.78 is 20.5. The molecule has 6 heteroatoms. The van der Waals surface area contributed by atoms with E-state index in [0.29, 0.717) is 0 Å². The van der Waals surface area contributed by atoms with E-state index in [1.165, 1.54) is 13.2 Å². The van der Waals surface area contributed by atoms with Gasteiger partial charge in [0, 0.05) is 6.54 Å². The smallest absolute Gasteiger partial charge is 0.165 e. The van der Waals surface area contributed by atoms with E-state index in [4.69, 9.17) is 4.74 Å². The average Bonchev–Trinajstić information content (AvgIpc) is 2.94. The molecule has 0 fully saturated rings. The van der Waals surface area contributed by atoms with Gasteiger partial charge in [-0.15, -0.1) is 5.10 Å². The molecule has 0 aliphatic rings. The maximum absolute atomic E-state index is 13.6. The molecule has 21 heavy (non-hydrogen) atoms. The van der Waals surface area contributed by atoms with Crippen molar-refractivity contribution in [1.82, 2.24) is 20.3 Å². The van der Waals surface area contributed by atoms with Gasteiger partial charge in [0.1, 0.15) is 0 Å². The molecule has 1 heterocycles. The molecular formula is C15H21FN4O. The van der Waals surface area contributed by atoms with Crippen molar-refractivity contribution in [2.24, 2.45) is 0 Å². The Kier molecular flexibility index (Phi) is 5.27. The SMILES string of the molecule is CCCn1nncc1C(NCC)c1ccc(F)c(OC)c1. The standard InChI is InChI=1S/C15H21FN4O/c1-4-8-20-13(10-18-19-20)15(17-5-2)11-6-7-12(16)14(9-11)21-3/h6-7,9-10,15,17H,4-5,8H2,1-3H3.